The van der Waals surface area contributed by atoms with Gasteiger partial charge in [0.25, 0.3) is 0 Å². The highest BCUT2D eigenvalue weighted by atomic mass is 16.2. The van der Waals surface area contributed by atoms with Crippen molar-refractivity contribution in [1.82, 2.24) is 0 Å². The molecule has 1 amide bonds. The van der Waals surface area contributed by atoms with E-state index in [1.165, 1.54) is 11.1 Å². The first-order valence-corrected chi connectivity index (χ1v) is 7.18. The molecule has 0 heterocycles. The Balaban J connectivity index is 1.89. The van der Waals surface area contributed by atoms with Crippen molar-refractivity contribution in [2.75, 3.05) is 11.9 Å². The van der Waals surface area contributed by atoms with Crippen LogP contribution in [0.25, 0.3) is 0 Å². The van der Waals surface area contributed by atoms with Gasteiger partial charge in [-0.1, -0.05) is 42.5 Å². The zero-order chi connectivity index (χ0) is 13.9. The van der Waals surface area contributed by atoms with Crippen molar-refractivity contribution in [1.29, 1.82) is 0 Å². The molecule has 0 saturated heterocycles. The maximum Gasteiger partial charge on any atom is 0.234 e. The molecule has 2 heteroatoms. The van der Waals surface area contributed by atoms with Gasteiger partial charge in [-0.2, -0.15) is 0 Å². The summed E-state index contributed by atoms with van der Waals surface area (Å²) >= 11 is 0. The molecule has 20 heavy (non-hydrogen) atoms. The molecule has 2 aromatic rings. The molecular weight excluding hydrogens is 246 g/mol. The second-order valence-corrected chi connectivity index (χ2v) is 5.38. The first kappa shape index (κ1) is 12.9. The van der Waals surface area contributed by atoms with Crippen molar-refractivity contribution in [2.24, 2.45) is 0 Å². The minimum absolute atomic E-state index is 0.00477. The standard InChI is InChI=1S/C18H19NO/c1-19(15-10-3-2-4-11-15)18(20)17-13-7-9-14-8-5-6-12-16(14)17/h2-6,8,10-12,17H,7,9,13H2,1H3. The van der Waals surface area contributed by atoms with Crippen molar-refractivity contribution < 1.29 is 4.79 Å². The van der Waals surface area contributed by atoms with Gasteiger partial charge in [-0.25, -0.2) is 0 Å². The van der Waals surface area contributed by atoms with Crippen LogP contribution in [0.5, 0.6) is 0 Å². The Morgan fingerprint density at radius 3 is 2.55 bits per heavy atom. The molecule has 0 bridgehead atoms. The third-order valence-corrected chi connectivity index (χ3v) is 4.14. The molecular formula is C18H19NO. The van der Waals surface area contributed by atoms with Crippen molar-refractivity contribution in [3.05, 3.63) is 65.7 Å². The number of nitrogens with zero attached hydrogens (tertiary/aromatic N) is 1. The number of rotatable bonds is 2. The lowest BCUT2D eigenvalue weighted by atomic mass is 9.82. The molecule has 0 aromatic heterocycles. The minimum atomic E-state index is 0.00477. The van der Waals surface area contributed by atoms with Gasteiger partial charge in [-0.15, -0.1) is 0 Å². The number of aryl methyl sites for hydroxylation is 1. The van der Waals surface area contributed by atoms with Crippen LogP contribution in [0, 0.1) is 0 Å². The molecule has 0 spiro atoms. The summed E-state index contributed by atoms with van der Waals surface area (Å²) in [7, 11) is 1.87. The SMILES string of the molecule is CN(C(=O)C1CCCc2ccccc21)c1ccccc1. The zero-order valence-electron chi connectivity index (χ0n) is 11.8. The van der Waals surface area contributed by atoms with Gasteiger partial charge in [0, 0.05) is 12.7 Å². The van der Waals surface area contributed by atoms with Crippen molar-refractivity contribution in [2.45, 2.75) is 25.2 Å². The fourth-order valence-corrected chi connectivity index (χ4v) is 3.02. The van der Waals surface area contributed by atoms with E-state index in [-0.39, 0.29) is 11.8 Å². The van der Waals surface area contributed by atoms with E-state index < -0.39 is 0 Å². The molecule has 0 saturated carbocycles. The molecule has 0 radical (unpaired) electrons. The molecule has 2 aromatic carbocycles. The Hall–Kier alpha value is -2.09. The maximum absolute atomic E-state index is 12.8. The monoisotopic (exact) mass is 265 g/mol. The quantitative estimate of drug-likeness (QED) is 0.809. The predicted octanol–water partition coefficient (Wildman–Crippen LogP) is 3.77. The molecule has 3 rings (SSSR count). The number of para-hydroxylation sites is 1. The third kappa shape index (κ3) is 2.34. The summed E-state index contributed by atoms with van der Waals surface area (Å²) in [6, 6.07) is 18.2. The number of carbonyl (C=O) groups excluding carboxylic acids is 1. The Morgan fingerprint density at radius 1 is 1.05 bits per heavy atom. The van der Waals surface area contributed by atoms with Crippen LogP contribution >= 0.6 is 0 Å². The fourth-order valence-electron chi connectivity index (χ4n) is 3.02. The van der Waals surface area contributed by atoms with E-state index in [2.05, 4.69) is 18.2 Å². The van der Waals surface area contributed by atoms with Crippen molar-refractivity contribution in [3.8, 4) is 0 Å². The smallest absolute Gasteiger partial charge is 0.234 e. The Morgan fingerprint density at radius 2 is 1.75 bits per heavy atom. The van der Waals surface area contributed by atoms with Crippen LogP contribution in [0.3, 0.4) is 0 Å². The summed E-state index contributed by atoms with van der Waals surface area (Å²) in [6.45, 7) is 0. The van der Waals surface area contributed by atoms with Crippen LogP contribution in [0.15, 0.2) is 54.6 Å². The highest BCUT2D eigenvalue weighted by Gasteiger charge is 2.28. The number of carbonyl (C=O) groups is 1. The van der Waals surface area contributed by atoms with E-state index >= 15 is 0 Å². The molecule has 0 fully saturated rings. The van der Waals surface area contributed by atoms with Crippen molar-refractivity contribution in [3.63, 3.8) is 0 Å². The summed E-state index contributed by atoms with van der Waals surface area (Å²) in [6.07, 6.45) is 3.14. The van der Waals surface area contributed by atoms with Crippen LogP contribution in [0.4, 0.5) is 5.69 Å². The van der Waals surface area contributed by atoms with Gasteiger partial charge in [-0.05, 0) is 42.5 Å². The van der Waals surface area contributed by atoms with E-state index in [9.17, 15) is 4.79 Å². The van der Waals surface area contributed by atoms with E-state index in [0.29, 0.717) is 0 Å². The maximum atomic E-state index is 12.8. The lowest BCUT2D eigenvalue weighted by Crippen LogP contribution is -2.33. The minimum Gasteiger partial charge on any atom is -0.315 e. The van der Waals surface area contributed by atoms with Gasteiger partial charge in [0.05, 0.1) is 5.92 Å². The summed E-state index contributed by atoms with van der Waals surface area (Å²) < 4.78 is 0. The van der Waals surface area contributed by atoms with Crippen LogP contribution in [0.1, 0.15) is 29.9 Å². The number of anilines is 1. The Bertz CT molecular complexity index is 606. The molecule has 0 aliphatic heterocycles. The molecule has 1 unspecified atom stereocenters. The zero-order valence-corrected chi connectivity index (χ0v) is 11.8. The third-order valence-electron chi connectivity index (χ3n) is 4.14. The molecule has 2 nitrogen and oxygen atoms in total. The average molecular weight is 265 g/mol. The van der Waals surface area contributed by atoms with Crippen LogP contribution in [-0.2, 0) is 11.2 Å². The second-order valence-electron chi connectivity index (χ2n) is 5.38. The molecule has 1 aliphatic carbocycles. The van der Waals surface area contributed by atoms with E-state index in [0.717, 1.165) is 24.9 Å². The number of amides is 1. The number of hydrogen-bond acceptors (Lipinski definition) is 1. The Labute approximate surface area is 120 Å². The van der Waals surface area contributed by atoms with Crippen LogP contribution in [0.2, 0.25) is 0 Å². The normalized spacial score (nSPS) is 17.4. The number of likely N-dealkylation sites (N-methyl/N-ethyl adjacent to an activating group) is 1. The van der Waals surface area contributed by atoms with E-state index in [1.54, 1.807) is 4.90 Å². The fraction of sp³-hybridized carbons (Fsp3) is 0.278. The summed E-state index contributed by atoms with van der Waals surface area (Å²) in [5, 5.41) is 0. The second kappa shape index (κ2) is 5.49. The lowest BCUT2D eigenvalue weighted by Gasteiger charge is -2.28. The van der Waals surface area contributed by atoms with Gasteiger partial charge in [0.1, 0.15) is 0 Å². The first-order valence-electron chi connectivity index (χ1n) is 7.18. The summed E-state index contributed by atoms with van der Waals surface area (Å²) in [5.41, 5.74) is 3.51. The Kier molecular flexibility index (Phi) is 3.55. The van der Waals surface area contributed by atoms with Gasteiger partial charge in [0.15, 0.2) is 0 Å². The van der Waals surface area contributed by atoms with E-state index in [4.69, 9.17) is 0 Å². The van der Waals surface area contributed by atoms with Crippen LogP contribution < -0.4 is 4.90 Å². The highest BCUT2D eigenvalue weighted by Crippen LogP contribution is 2.33. The largest absolute Gasteiger partial charge is 0.315 e. The summed E-state index contributed by atoms with van der Waals surface area (Å²) in [4.78, 5) is 14.6. The number of hydrogen-bond donors (Lipinski definition) is 0. The predicted molar refractivity (Wildman–Crippen MR) is 82.0 cm³/mol. The molecule has 0 N–H and O–H groups in total. The topological polar surface area (TPSA) is 20.3 Å². The number of fused-ring (bicyclic) bond motifs is 1. The molecule has 102 valence electrons. The first-order chi connectivity index (χ1) is 9.77. The lowest BCUT2D eigenvalue weighted by molar-refractivity contribution is -0.120. The van der Waals surface area contributed by atoms with Gasteiger partial charge in [-0.3, -0.25) is 4.79 Å². The number of benzene rings is 2. The van der Waals surface area contributed by atoms with Crippen molar-refractivity contribution >= 4 is 11.6 Å². The van der Waals surface area contributed by atoms with E-state index in [1.807, 2.05) is 43.4 Å². The van der Waals surface area contributed by atoms with Crippen LogP contribution in [-0.4, -0.2) is 13.0 Å². The highest BCUT2D eigenvalue weighted by molar-refractivity contribution is 5.97. The molecule has 1 aliphatic rings. The molecule has 1 atom stereocenters. The average Bonchev–Trinajstić information content (AvgIpc) is 2.54. The summed E-state index contributed by atoms with van der Waals surface area (Å²) in [5.74, 6) is 0.202. The van der Waals surface area contributed by atoms with Gasteiger partial charge in [0.2, 0.25) is 5.91 Å². The van der Waals surface area contributed by atoms with Gasteiger partial charge < -0.3 is 4.90 Å². The van der Waals surface area contributed by atoms with Gasteiger partial charge >= 0.3 is 0 Å².